The highest BCUT2D eigenvalue weighted by Crippen LogP contribution is 2.61. The van der Waals surface area contributed by atoms with Crippen molar-refractivity contribution in [1.82, 2.24) is 0 Å². The molecule has 1 nitrogen and oxygen atoms in total. The first-order valence-electron chi connectivity index (χ1n) is 6.90. The lowest BCUT2D eigenvalue weighted by molar-refractivity contribution is -0.105. The van der Waals surface area contributed by atoms with Gasteiger partial charge < -0.3 is 5.32 Å². The maximum atomic E-state index is 3.73. The van der Waals surface area contributed by atoms with Gasteiger partial charge in [0.15, 0.2) is 0 Å². The van der Waals surface area contributed by atoms with Crippen molar-refractivity contribution in [2.45, 2.75) is 39.7 Å². The summed E-state index contributed by atoms with van der Waals surface area (Å²) in [7, 11) is 0. The average molecular weight is 229 g/mol. The van der Waals surface area contributed by atoms with Crippen LogP contribution in [-0.2, 0) is 0 Å². The minimum absolute atomic E-state index is 0.592. The van der Waals surface area contributed by atoms with Crippen molar-refractivity contribution in [2.75, 3.05) is 5.32 Å². The fourth-order valence-electron chi connectivity index (χ4n) is 4.09. The van der Waals surface area contributed by atoms with Gasteiger partial charge in [0.05, 0.1) is 0 Å². The van der Waals surface area contributed by atoms with E-state index in [2.05, 4.69) is 56.4 Å². The van der Waals surface area contributed by atoms with E-state index >= 15 is 0 Å². The number of fused-ring (bicyclic) bond motifs is 2. The first-order valence-corrected chi connectivity index (χ1v) is 6.90. The number of hydrogen-bond donors (Lipinski definition) is 1. The molecule has 0 saturated heterocycles. The molecule has 3 saturated carbocycles. The van der Waals surface area contributed by atoms with E-state index in [1.807, 2.05) is 0 Å². The van der Waals surface area contributed by atoms with Crippen LogP contribution in [0.5, 0.6) is 0 Å². The highest BCUT2D eigenvalue weighted by molar-refractivity contribution is 5.44. The lowest BCUT2D eigenvalue weighted by Crippen LogP contribution is -2.58. The monoisotopic (exact) mass is 229 g/mol. The normalized spacial score (nSPS) is 38.3. The first-order chi connectivity index (χ1) is 8.09. The molecule has 3 aliphatic carbocycles. The van der Waals surface area contributed by atoms with Gasteiger partial charge in [-0.05, 0) is 48.1 Å². The van der Waals surface area contributed by atoms with Gasteiger partial charge in [0.1, 0.15) is 0 Å². The molecule has 2 bridgehead atoms. The Kier molecular flexibility index (Phi) is 2.46. The molecule has 0 amide bonds. The molecule has 92 valence electrons. The van der Waals surface area contributed by atoms with E-state index in [9.17, 15) is 0 Å². The second kappa shape index (κ2) is 3.76. The molecule has 1 aromatic carbocycles. The predicted molar refractivity (Wildman–Crippen MR) is 73.0 cm³/mol. The van der Waals surface area contributed by atoms with Crippen LogP contribution in [0, 0.1) is 23.2 Å². The van der Waals surface area contributed by atoms with Crippen molar-refractivity contribution in [3.63, 3.8) is 0 Å². The Morgan fingerprint density at radius 1 is 1.12 bits per heavy atom. The number of anilines is 1. The van der Waals surface area contributed by atoms with Gasteiger partial charge in [-0.3, -0.25) is 0 Å². The van der Waals surface area contributed by atoms with Gasteiger partial charge in [-0.1, -0.05) is 39.0 Å². The standard InChI is InChI=1S/C16H23N/c1-11-14-9-12(16(14,2)3)10-15(11)17-13-7-5-4-6-8-13/h4-8,11-12,14-15,17H,9-10H2,1-3H3/t11-,12-,14-,15-/m1/s1. The summed E-state index contributed by atoms with van der Waals surface area (Å²) in [6.07, 6.45) is 2.81. The van der Waals surface area contributed by atoms with Gasteiger partial charge in [-0.2, -0.15) is 0 Å². The van der Waals surface area contributed by atoms with Crippen LogP contribution in [-0.4, -0.2) is 6.04 Å². The Balaban J connectivity index is 1.71. The van der Waals surface area contributed by atoms with Gasteiger partial charge in [0.25, 0.3) is 0 Å². The van der Waals surface area contributed by atoms with Gasteiger partial charge in [0, 0.05) is 11.7 Å². The summed E-state index contributed by atoms with van der Waals surface area (Å²) in [6, 6.07) is 11.3. The summed E-state index contributed by atoms with van der Waals surface area (Å²) < 4.78 is 0. The third-order valence-electron chi connectivity index (χ3n) is 5.48. The van der Waals surface area contributed by atoms with Crippen molar-refractivity contribution < 1.29 is 0 Å². The van der Waals surface area contributed by atoms with Crippen molar-refractivity contribution >= 4 is 5.69 Å². The van der Waals surface area contributed by atoms with Crippen molar-refractivity contribution in [3.05, 3.63) is 30.3 Å². The fraction of sp³-hybridized carbons (Fsp3) is 0.625. The van der Waals surface area contributed by atoms with Crippen LogP contribution in [0.2, 0.25) is 0 Å². The Morgan fingerprint density at radius 2 is 1.82 bits per heavy atom. The largest absolute Gasteiger partial charge is 0.382 e. The number of para-hydroxylation sites is 1. The van der Waals surface area contributed by atoms with Crippen molar-refractivity contribution in [1.29, 1.82) is 0 Å². The maximum Gasteiger partial charge on any atom is 0.0342 e. The molecule has 0 spiro atoms. The highest BCUT2D eigenvalue weighted by Gasteiger charge is 2.56. The molecule has 1 N–H and O–H groups in total. The number of rotatable bonds is 2. The Morgan fingerprint density at radius 3 is 2.41 bits per heavy atom. The van der Waals surface area contributed by atoms with Crippen molar-refractivity contribution in [3.8, 4) is 0 Å². The number of benzene rings is 1. The van der Waals surface area contributed by atoms with Gasteiger partial charge in [-0.15, -0.1) is 0 Å². The smallest absolute Gasteiger partial charge is 0.0342 e. The molecule has 0 heterocycles. The molecule has 0 aromatic heterocycles. The van der Waals surface area contributed by atoms with Gasteiger partial charge >= 0.3 is 0 Å². The van der Waals surface area contributed by atoms with E-state index < -0.39 is 0 Å². The molecule has 0 radical (unpaired) electrons. The second-order valence-corrected chi connectivity index (χ2v) is 6.57. The SMILES string of the molecule is C[C@@H]1[C@H]2C[C@H](C[C@H]1Nc1ccccc1)C2(C)C. The highest BCUT2D eigenvalue weighted by atomic mass is 14.9. The molecular formula is C16H23N. The quantitative estimate of drug-likeness (QED) is 0.802. The van der Waals surface area contributed by atoms with Crippen LogP contribution in [0.15, 0.2) is 30.3 Å². The lowest BCUT2D eigenvalue weighted by atomic mass is 9.45. The molecule has 1 aromatic rings. The first kappa shape index (κ1) is 11.1. The van der Waals surface area contributed by atoms with Gasteiger partial charge in [-0.25, -0.2) is 0 Å². The van der Waals surface area contributed by atoms with Crippen LogP contribution in [0.4, 0.5) is 5.69 Å². The Bertz CT molecular complexity index is 395. The molecule has 0 unspecified atom stereocenters. The molecule has 3 fully saturated rings. The molecule has 4 rings (SSSR count). The lowest BCUT2D eigenvalue weighted by Gasteiger charge is -2.62. The zero-order chi connectivity index (χ0) is 12.0. The third-order valence-corrected chi connectivity index (χ3v) is 5.48. The van der Waals surface area contributed by atoms with Gasteiger partial charge in [0.2, 0.25) is 0 Å². The average Bonchev–Trinajstić information content (AvgIpc) is 2.32. The molecular weight excluding hydrogens is 206 g/mol. The number of nitrogens with one attached hydrogen (secondary N) is 1. The summed E-state index contributed by atoms with van der Waals surface area (Å²) in [4.78, 5) is 0. The predicted octanol–water partition coefficient (Wildman–Crippen LogP) is 4.17. The topological polar surface area (TPSA) is 12.0 Å². The van der Waals surface area contributed by atoms with Crippen molar-refractivity contribution in [2.24, 2.45) is 23.2 Å². The summed E-state index contributed by atoms with van der Waals surface area (Å²) in [5.74, 6) is 2.66. The minimum atomic E-state index is 0.592. The number of hydrogen-bond acceptors (Lipinski definition) is 1. The zero-order valence-corrected chi connectivity index (χ0v) is 11.1. The molecule has 1 heteroatoms. The van der Waals surface area contributed by atoms with Crippen LogP contribution in [0.3, 0.4) is 0 Å². The van der Waals surface area contributed by atoms with Crippen LogP contribution < -0.4 is 5.32 Å². The molecule has 4 atom stereocenters. The summed E-state index contributed by atoms with van der Waals surface area (Å²) in [5.41, 5.74) is 1.87. The maximum absolute atomic E-state index is 3.73. The van der Waals surface area contributed by atoms with E-state index in [0.29, 0.717) is 11.5 Å². The molecule has 3 aliphatic rings. The van der Waals surface area contributed by atoms with Crippen LogP contribution in [0.1, 0.15) is 33.6 Å². The third kappa shape index (κ3) is 1.67. The van der Waals surface area contributed by atoms with E-state index in [1.165, 1.54) is 18.5 Å². The fourth-order valence-corrected chi connectivity index (χ4v) is 4.09. The van der Waals surface area contributed by atoms with Crippen LogP contribution >= 0.6 is 0 Å². The summed E-state index contributed by atoms with van der Waals surface area (Å²) in [6.45, 7) is 7.35. The van der Waals surface area contributed by atoms with E-state index in [-0.39, 0.29) is 0 Å². The second-order valence-electron chi connectivity index (χ2n) is 6.57. The molecule has 0 aliphatic heterocycles. The summed E-state index contributed by atoms with van der Waals surface area (Å²) >= 11 is 0. The van der Waals surface area contributed by atoms with E-state index in [1.54, 1.807) is 0 Å². The van der Waals surface area contributed by atoms with E-state index in [4.69, 9.17) is 0 Å². The zero-order valence-electron chi connectivity index (χ0n) is 11.1. The van der Waals surface area contributed by atoms with Crippen LogP contribution in [0.25, 0.3) is 0 Å². The Hall–Kier alpha value is -0.980. The Labute approximate surface area is 105 Å². The van der Waals surface area contributed by atoms with E-state index in [0.717, 1.165) is 17.8 Å². The molecule has 17 heavy (non-hydrogen) atoms. The summed E-state index contributed by atoms with van der Waals surface area (Å²) in [5, 5.41) is 3.73. The minimum Gasteiger partial charge on any atom is -0.382 e.